The first-order chi connectivity index (χ1) is 13.4. The SMILES string of the molecule is CCCCn1c(N)c(N(CCC)C(=O)COc2ccc(Cl)cc2)c(=O)[nH]c1=O. The van der Waals surface area contributed by atoms with Crippen molar-refractivity contribution in [2.75, 3.05) is 23.8 Å². The van der Waals surface area contributed by atoms with Crippen LogP contribution in [0.1, 0.15) is 33.1 Å². The highest BCUT2D eigenvalue weighted by Gasteiger charge is 2.24. The fraction of sp³-hybridized carbons (Fsp3) is 0.421. The van der Waals surface area contributed by atoms with Gasteiger partial charge >= 0.3 is 5.69 Å². The number of aromatic nitrogens is 2. The van der Waals surface area contributed by atoms with E-state index >= 15 is 0 Å². The van der Waals surface area contributed by atoms with E-state index in [1.807, 2.05) is 13.8 Å². The third-order valence-electron chi connectivity index (χ3n) is 4.14. The monoisotopic (exact) mass is 408 g/mol. The standard InChI is InChI=1S/C19H25ClN4O4/c1-3-5-11-24-17(21)16(18(26)22-19(24)27)23(10-4-2)15(25)12-28-14-8-6-13(20)7-9-14/h6-9H,3-5,10-12,21H2,1-2H3,(H,22,26,27). The number of H-pyrrole nitrogens is 1. The number of nitrogens with one attached hydrogen (secondary N) is 1. The van der Waals surface area contributed by atoms with Crippen LogP contribution in [0.25, 0.3) is 0 Å². The summed E-state index contributed by atoms with van der Waals surface area (Å²) in [6, 6.07) is 6.59. The number of benzene rings is 1. The van der Waals surface area contributed by atoms with Crippen LogP contribution in [0.5, 0.6) is 5.75 Å². The van der Waals surface area contributed by atoms with E-state index in [9.17, 15) is 14.4 Å². The summed E-state index contributed by atoms with van der Waals surface area (Å²) in [7, 11) is 0. The molecule has 0 aliphatic heterocycles. The molecule has 0 aliphatic carbocycles. The molecule has 1 amide bonds. The molecular weight excluding hydrogens is 384 g/mol. The summed E-state index contributed by atoms with van der Waals surface area (Å²) in [5.41, 5.74) is 4.81. The van der Waals surface area contributed by atoms with Gasteiger partial charge in [-0.25, -0.2) is 4.79 Å². The highest BCUT2D eigenvalue weighted by atomic mass is 35.5. The minimum absolute atomic E-state index is 0.0181. The average Bonchev–Trinajstić information content (AvgIpc) is 2.66. The summed E-state index contributed by atoms with van der Waals surface area (Å²) in [5.74, 6) is 0.0224. The first kappa shape index (κ1) is 21.6. The van der Waals surface area contributed by atoms with Crippen molar-refractivity contribution in [1.29, 1.82) is 0 Å². The number of unbranched alkanes of at least 4 members (excludes halogenated alkanes) is 1. The Morgan fingerprint density at radius 2 is 1.89 bits per heavy atom. The zero-order valence-corrected chi connectivity index (χ0v) is 16.8. The Balaban J connectivity index is 2.31. The van der Waals surface area contributed by atoms with Crippen molar-refractivity contribution in [3.63, 3.8) is 0 Å². The number of hydrogen-bond donors (Lipinski definition) is 2. The number of aromatic amines is 1. The molecule has 1 aromatic carbocycles. The van der Waals surface area contributed by atoms with Gasteiger partial charge in [0.05, 0.1) is 0 Å². The lowest BCUT2D eigenvalue weighted by Gasteiger charge is -2.24. The highest BCUT2D eigenvalue weighted by Crippen LogP contribution is 2.19. The van der Waals surface area contributed by atoms with Crippen LogP contribution in [-0.2, 0) is 11.3 Å². The number of nitrogen functional groups attached to an aromatic ring is 1. The normalized spacial score (nSPS) is 10.7. The number of rotatable bonds is 9. The summed E-state index contributed by atoms with van der Waals surface area (Å²) in [5, 5.41) is 0.555. The van der Waals surface area contributed by atoms with Crippen LogP contribution in [-0.4, -0.2) is 28.6 Å². The molecule has 1 heterocycles. The predicted octanol–water partition coefficient (Wildman–Crippen LogP) is 2.39. The Bertz CT molecular complexity index is 921. The van der Waals surface area contributed by atoms with Crippen LogP contribution >= 0.6 is 11.6 Å². The van der Waals surface area contributed by atoms with E-state index < -0.39 is 17.2 Å². The van der Waals surface area contributed by atoms with Gasteiger partial charge in [0.25, 0.3) is 11.5 Å². The maximum absolute atomic E-state index is 12.8. The first-order valence-electron chi connectivity index (χ1n) is 9.20. The second-order valence-corrected chi connectivity index (χ2v) is 6.72. The molecule has 0 atom stereocenters. The van der Waals surface area contributed by atoms with Gasteiger partial charge < -0.3 is 15.4 Å². The minimum Gasteiger partial charge on any atom is -0.484 e. The van der Waals surface area contributed by atoms with Crippen LogP contribution in [0, 0.1) is 0 Å². The fourth-order valence-electron chi connectivity index (χ4n) is 2.72. The molecule has 8 nitrogen and oxygen atoms in total. The molecule has 3 N–H and O–H groups in total. The molecule has 0 spiro atoms. The second-order valence-electron chi connectivity index (χ2n) is 6.29. The summed E-state index contributed by atoms with van der Waals surface area (Å²) in [6.45, 7) is 4.20. The number of hydrogen-bond acceptors (Lipinski definition) is 5. The Kier molecular flexibility index (Phi) is 7.69. The summed E-state index contributed by atoms with van der Waals surface area (Å²) in [6.07, 6.45) is 2.17. The smallest absolute Gasteiger partial charge is 0.330 e. The molecule has 1 aromatic heterocycles. The Labute approximate surface area is 167 Å². The van der Waals surface area contributed by atoms with Gasteiger partial charge in [0.2, 0.25) is 0 Å². The van der Waals surface area contributed by atoms with Crippen molar-refractivity contribution in [2.45, 2.75) is 39.7 Å². The first-order valence-corrected chi connectivity index (χ1v) is 9.58. The number of nitrogens with zero attached hydrogens (tertiary/aromatic N) is 2. The van der Waals surface area contributed by atoms with Crippen LogP contribution < -0.4 is 26.6 Å². The van der Waals surface area contributed by atoms with Crippen molar-refractivity contribution in [3.05, 3.63) is 50.1 Å². The van der Waals surface area contributed by atoms with E-state index in [4.69, 9.17) is 22.1 Å². The van der Waals surface area contributed by atoms with E-state index in [-0.39, 0.29) is 24.7 Å². The topological polar surface area (TPSA) is 110 Å². The van der Waals surface area contributed by atoms with Gasteiger partial charge in [-0.2, -0.15) is 0 Å². The lowest BCUT2D eigenvalue weighted by atomic mass is 10.3. The largest absolute Gasteiger partial charge is 0.484 e. The Morgan fingerprint density at radius 3 is 2.50 bits per heavy atom. The molecule has 152 valence electrons. The Hall–Kier alpha value is -2.74. The third kappa shape index (κ3) is 5.16. The molecule has 0 bridgehead atoms. The van der Waals surface area contributed by atoms with Gasteiger partial charge in [-0.15, -0.1) is 0 Å². The van der Waals surface area contributed by atoms with Crippen molar-refractivity contribution in [1.82, 2.24) is 9.55 Å². The number of ether oxygens (including phenoxy) is 1. The molecule has 28 heavy (non-hydrogen) atoms. The van der Waals surface area contributed by atoms with Crippen LogP contribution in [0.15, 0.2) is 33.9 Å². The predicted molar refractivity (Wildman–Crippen MR) is 110 cm³/mol. The van der Waals surface area contributed by atoms with Gasteiger partial charge in [0.1, 0.15) is 11.6 Å². The van der Waals surface area contributed by atoms with E-state index in [0.29, 0.717) is 23.7 Å². The van der Waals surface area contributed by atoms with Crippen molar-refractivity contribution >= 4 is 29.0 Å². The van der Waals surface area contributed by atoms with E-state index in [1.165, 1.54) is 9.47 Å². The van der Waals surface area contributed by atoms with Crippen molar-refractivity contribution in [2.24, 2.45) is 0 Å². The summed E-state index contributed by atoms with van der Waals surface area (Å²) < 4.78 is 6.79. The van der Waals surface area contributed by atoms with E-state index in [2.05, 4.69) is 4.98 Å². The molecule has 0 radical (unpaired) electrons. The van der Waals surface area contributed by atoms with E-state index in [0.717, 1.165) is 12.8 Å². The zero-order valence-electron chi connectivity index (χ0n) is 16.0. The van der Waals surface area contributed by atoms with Crippen molar-refractivity contribution in [3.8, 4) is 5.75 Å². The molecule has 0 fully saturated rings. The summed E-state index contributed by atoms with van der Waals surface area (Å²) >= 11 is 5.83. The maximum atomic E-state index is 12.8. The number of nitrogens with two attached hydrogens (primary N) is 1. The average molecular weight is 409 g/mol. The summed E-state index contributed by atoms with van der Waals surface area (Å²) in [4.78, 5) is 40.8. The van der Waals surface area contributed by atoms with Gasteiger partial charge in [-0.1, -0.05) is 31.9 Å². The lowest BCUT2D eigenvalue weighted by molar-refractivity contribution is -0.120. The number of carbonyl (C=O) groups excluding carboxylic acids is 1. The molecular formula is C19H25ClN4O4. The van der Waals surface area contributed by atoms with Gasteiger partial charge in [0, 0.05) is 18.1 Å². The molecule has 0 saturated carbocycles. The fourth-order valence-corrected chi connectivity index (χ4v) is 2.84. The van der Waals surface area contributed by atoms with Crippen LogP contribution in [0.2, 0.25) is 5.02 Å². The Morgan fingerprint density at radius 1 is 1.21 bits per heavy atom. The quantitative estimate of drug-likeness (QED) is 0.661. The number of anilines is 2. The van der Waals surface area contributed by atoms with Crippen LogP contribution in [0.3, 0.4) is 0 Å². The molecule has 0 unspecified atom stereocenters. The molecule has 2 rings (SSSR count). The molecule has 9 heteroatoms. The molecule has 2 aromatic rings. The highest BCUT2D eigenvalue weighted by molar-refractivity contribution is 6.30. The van der Waals surface area contributed by atoms with Crippen LogP contribution in [0.4, 0.5) is 11.5 Å². The van der Waals surface area contributed by atoms with E-state index in [1.54, 1.807) is 24.3 Å². The van der Waals surface area contributed by atoms with Crippen molar-refractivity contribution < 1.29 is 9.53 Å². The minimum atomic E-state index is -0.691. The van der Waals surface area contributed by atoms with Gasteiger partial charge in [0.15, 0.2) is 12.3 Å². The second kappa shape index (κ2) is 9.98. The van der Waals surface area contributed by atoms with Gasteiger partial charge in [-0.3, -0.25) is 19.1 Å². The maximum Gasteiger partial charge on any atom is 0.330 e. The third-order valence-corrected chi connectivity index (χ3v) is 4.40. The number of amides is 1. The number of carbonyl (C=O) groups is 1. The van der Waals surface area contributed by atoms with Gasteiger partial charge in [-0.05, 0) is 37.1 Å². The molecule has 0 saturated heterocycles. The lowest BCUT2D eigenvalue weighted by Crippen LogP contribution is -2.43. The molecule has 0 aliphatic rings. The zero-order chi connectivity index (χ0) is 20.7. The number of halogens is 1.